The maximum absolute atomic E-state index is 13.4. The number of hydrogen-bond donors (Lipinski definition) is 2. The Bertz CT molecular complexity index is 970. The van der Waals surface area contributed by atoms with E-state index in [9.17, 15) is 17.6 Å². The smallest absolute Gasteiger partial charge is 0.279 e. The van der Waals surface area contributed by atoms with Crippen molar-refractivity contribution in [3.63, 3.8) is 0 Å². The number of sulfonamides is 1. The van der Waals surface area contributed by atoms with E-state index in [1.165, 1.54) is 28.1 Å². The van der Waals surface area contributed by atoms with E-state index in [1.54, 1.807) is 0 Å². The Morgan fingerprint density at radius 2 is 1.82 bits per heavy atom. The molecule has 0 aliphatic carbocycles. The predicted octanol–water partition coefficient (Wildman–Crippen LogP) is 0.970. The van der Waals surface area contributed by atoms with Crippen LogP contribution in [0.4, 0.5) is 10.1 Å². The van der Waals surface area contributed by atoms with Crippen LogP contribution in [0.1, 0.15) is 11.1 Å². The Balaban J connectivity index is 1.55. The van der Waals surface area contributed by atoms with Crippen molar-refractivity contribution in [3.05, 3.63) is 59.4 Å². The van der Waals surface area contributed by atoms with Crippen LogP contribution >= 0.6 is 0 Å². The molecule has 0 unspecified atom stereocenters. The van der Waals surface area contributed by atoms with E-state index in [0.29, 0.717) is 26.2 Å². The molecule has 0 radical (unpaired) electrons. The average molecular weight is 407 g/mol. The topological polar surface area (TPSA) is 70.9 Å². The van der Waals surface area contributed by atoms with E-state index >= 15 is 0 Å². The summed E-state index contributed by atoms with van der Waals surface area (Å²) in [5.74, 6) is -0.673. The van der Waals surface area contributed by atoms with E-state index in [-0.39, 0.29) is 17.3 Å². The number of benzene rings is 2. The zero-order valence-electron chi connectivity index (χ0n) is 16.0. The molecular weight excluding hydrogens is 381 g/mol. The first-order chi connectivity index (χ1) is 13.3. The number of amides is 1. The third kappa shape index (κ3) is 4.76. The van der Waals surface area contributed by atoms with Crippen LogP contribution in [-0.4, -0.2) is 51.4 Å². The molecule has 1 heterocycles. The number of anilines is 1. The summed E-state index contributed by atoms with van der Waals surface area (Å²) in [5, 5.41) is 2.90. The molecule has 3 rings (SSSR count). The van der Waals surface area contributed by atoms with E-state index in [4.69, 9.17) is 0 Å². The van der Waals surface area contributed by atoms with Crippen molar-refractivity contribution in [2.24, 2.45) is 0 Å². The molecule has 2 N–H and O–H groups in total. The summed E-state index contributed by atoms with van der Waals surface area (Å²) in [4.78, 5) is 13.3. The molecule has 6 nitrogen and oxygen atoms in total. The largest absolute Gasteiger partial charge is 0.325 e. The minimum absolute atomic E-state index is 0.0385. The number of hydrogen-bond acceptors (Lipinski definition) is 3. The zero-order chi connectivity index (χ0) is 20.3. The van der Waals surface area contributed by atoms with Crippen LogP contribution < -0.4 is 10.2 Å². The van der Waals surface area contributed by atoms with Crippen molar-refractivity contribution in [1.29, 1.82) is 0 Å². The molecule has 1 amide bonds. The van der Waals surface area contributed by atoms with Crippen molar-refractivity contribution < 1.29 is 22.5 Å². The number of carbonyl (C=O) groups excluding carboxylic acids is 1. The molecule has 8 heteroatoms. The van der Waals surface area contributed by atoms with Gasteiger partial charge in [-0.1, -0.05) is 12.1 Å². The molecule has 2 aromatic carbocycles. The molecule has 0 aromatic heterocycles. The Labute approximate surface area is 165 Å². The summed E-state index contributed by atoms with van der Waals surface area (Å²) in [5.41, 5.74) is 3.04. The molecule has 28 heavy (non-hydrogen) atoms. The summed E-state index contributed by atoms with van der Waals surface area (Å²) < 4.78 is 40.0. The van der Waals surface area contributed by atoms with Crippen molar-refractivity contribution in [2.75, 3.05) is 38.0 Å². The number of aryl methyl sites for hydroxylation is 2. The second kappa shape index (κ2) is 8.38. The van der Waals surface area contributed by atoms with Gasteiger partial charge in [0.15, 0.2) is 6.54 Å². The lowest BCUT2D eigenvalue weighted by Gasteiger charge is -2.31. The van der Waals surface area contributed by atoms with Crippen molar-refractivity contribution in [1.82, 2.24) is 4.31 Å². The fourth-order valence-corrected chi connectivity index (χ4v) is 4.72. The molecule has 0 spiro atoms. The van der Waals surface area contributed by atoms with Gasteiger partial charge in [-0.3, -0.25) is 4.79 Å². The first-order valence-corrected chi connectivity index (χ1v) is 10.7. The van der Waals surface area contributed by atoms with Crippen molar-refractivity contribution >= 4 is 21.6 Å². The van der Waals surface area contributed by atoms with E-state index in [2.05, 4.69) is 5.32 Å². The summed E-state index contributed by atoms with van der Waals surface area (Å²) in [6, 6.07) is 10.8. The van der Waals surface area contributed by atoms with E-state index < -0.39 is 15.8 Å². The van der Waals surface area contributed by atoms with Crippen LogP contribution in [0.15, 0.2) is 47.4 Å². The molecule has 0 atom stereocenters. The summed E-state index contributed by atoms with van der Waals surface area (Å²) in [6.07, 6.45) is 0. The predicted molar refractivity (Wildman–Crippen MR) is 105 cm³/mol. The molecule has 150 valence electrons. The SMILES string of the molecule is Cc1ccc(NC(=O)C[NH+]2CCN(S(=O)(=O)c3cccc(F)c3)CC2)cc1C. The fraction of sp³-hybridized carbons (Fsp3) is 0.350. The quantitative estimate of drug-likeness (QED) is 0.778. The maximum atomic E-state index is 13.4. The minimum Gasteiger partial charge on any atom is -0.325 e. The summed E-state index contributed by atoms with van der Waals surface area (Å²) in [6.45, 7) is 5.93. The van der Waals surface area contributed by atoms with E-state index in [1.807, 2.05) is 32.0 Å². The molecule has 2 aromatic rings. The summed E-state index contributed by atoms with van der Waals surface area (Å²) in [7, 11) is -3.71. The average Bonchev–Trinajstić information content (AvgIpc) is 2.65. The van der Waals surface area contributed by atoms with Crippen LogP contribution in [0.5, 0.6) is 0 Å². The molecule has 1 aliphatic rings. The second-order valence-electron chi connectivity index (χ2n) is 7.14. The minimum atomic E-state index is -3.71. The highest BCUT2D eigenvalue weighted by atomic mass is 32.2. The number of rotatable bonds is 5. The highest BCUT2D eigenvalue weighted by molar-refractivity contribution is 7.89. The normalized spacial score (nSPS) is 16.1. The van der Waals surface area contributed by atoms with Gasteiger partial charge in [0, 0.05) is 5.69 Å². The molecule has 1 aliphatic heterocycles. The Morgan fingerprint density at radius 1 is 1.11 bits per heavy atom. The molecule has 1 saturated heterocycles. The van der Waals surface area contributed by atoms with Crippen LogP contribution in [0.3, 0.4) is 0 Å². The lowest BCUT2D eigenvalue weighted by atomic mass is 10.1. The number of halogens is 1. The lowest BCUT2D eigenvalue weighted by Crippen LogP contribution is -3.15. The standard InChI is InChI=1S/C20H24FN3O3S/c1-15-6-7-18(12-16(15)2)22-20(25)14-23-8-10-24(11-9-23)28(26,27)19-5-3-4-17(21)13-19/h3-7,12-13H,8-11,14H2,1-2H3,(H,22,25)/p+1. The highest BCUT2D eigenvalue weighted by Gasteiger charge is 2.31. The maximum Gasteiger partial charge on any atom is 0.279 e. The van der Waals surface area contributed by atoms with E-state index in [0.717, 1.165) is 22.2 Å². The van der Waals surface area contributed by atoms with Crippen LogP contribution in [0, 0.1) is 19.7 Å². The number of nitrogens with one attached hydrogen (secondary N) is 2. The van der Waals surface area contributed by atoms with Gasteiger partial charge in [-0.25, -0.2) is 12.8 Å². The third-order valence-electron chi connectivity index (χ3n) is 5.06. The zero-order valence-corrected chi connectivity index (χ0v) is 16.9. The van der Waals surface area contributed by atoms with Gasteiger partial charge in [0.25, 0.3) is 5.91 Å². The van der Waals surface area contributed by atoms with Gasteiger partial charge in [-0.05, 0) is 55.3 Å². The van der Waals surface area contributed by atoms with Gasteiger partial charge in [0.05, 0.1) is 31.1 Å². The number of carbonyl (C=O) groups is 1. The van der Waals surface area contributed by atoms with Gasteiger partial charge in [0.1, 0.15) is 5.82 Å². The Morgan fingerprint density at radius 3 is 2.46 bits per heavy atom. The van der Waals surface area contributed by atoms with Crippen LogP contribution in [0.25, 0.3) is 0 Å². The molecule has 0 saturated carbocycles. The van der Waals surface area contributed by atoms with Gasteiger partial charge >= 0.3 is 0 Å². The van der Waals surface area contributed by atoms with Gasteiger partial charge in [-0.2, -0.15) is 4.31 Å². The Kier molecular flexibility index (Phi) is 6.12. The number of piperazine rings is 1. The number of nitrogens with zero attached hydrogens (tertiary/aromatic N) is 1. The van der Waals surface area contributed by atoms with Crippen molar-refractivity contribution in [3.8, 4) is 0 Å². The van der Waals surface area contributed by atoms with Gasteiger partial charge in [0.2, 0.25) is 10.0 Å². The second-order valence-corrected chi connectivity index (χ2v) is 9.07. The van der Waals surface area contributed by atoms with Crippen molar-refractivity contribution in [2.45, 2.75) is 18.7 Å². The molecule has 1 fully saturated rings. The van der Waals surface area contributed by atoms with Gasteiger partial charge < -0.3 is 10.2 Å². The van der Waals surface area contributed by atoms with Crippen LogP contribution in [-0.2, 0) is 14.8 Å². The monoisotopic (exact) mass is 406 g/mol. The molecule has 0 bridgehead atoms. The summed E-state index contributed by atoms with van der Waals surface area (Å²) >= 11 is 0. The highest BCUT2D eigenvalue weighted by Crippen LogP contribution is 2.16. The first-order valence-electron chi connectivity index (χ1n) is 9.22. The fourth-order valence-electron chi connectivity index (χ4n) is 3.25. The lowest BCUT2D eigenvalue weighted by molar-refractivity contribution is -0.895. The van der Waals surface area contributed by atoms with Gasteiger partial charge in [-0.15, -0.1) is 0 Å². The number of quaternary nitrogens is 1. The first kappa shape index (κ1) is 20.4. The third-order valence-corrected chi connectivity index (χ3v) is 6.96. The van der Waals surface area contributed by atoms with Crippen LogP contribution in [0.2, 0.25) is 0 Å². The molecular formula is C20H25FN3O3S+. The Hall–Kier alpha value is -2.29.